The van der Waals surface area contributed by atoms with Crippen molar-refractivity contribution in [3.05, 3.63) is 44.6 Å². The number of sulfonamides is 1. The molecule has 3 N–H and O–H groups in total. The molecule has 0 aliphatic carbocycles. The molecule has 0 saturated carbocycles. The number of thiophene rings is 1. The molecule has 4 nitrogen and oxygen atoms in total. The molecule has 0 amide bonds. The van der Waals surface area contributed by atoms with Crippen molar-refractivity contribution in [2.24, 2.45) is 0 Å². The number of nitrogens with one attached hydrogen (secondary N) is 1. The van der Waals surface area contributed by atoms with Gasteiger partial charge in [-0.05, 0) is 40.5 Å². The summed E-state index contributed by atoms with van der Waals surface area (Å²) in [4.78, 5) is 1.09. The van der Waals surface area contributed by atoms with Crippen LogP contribution < -0.4 is 10.5 Å². The molecule has 0 unspecified atom stereocenters. The fourth-order valence-electron chi connectivity index (χ4n) is 1.73. The number of benzene rings is 1. The second-order valence-electron chi connectivity index (χ2n) is 4.05. The number of nitrogens with two attached hydrogens (primary N) is 1. The summed E-state index contributed by atoms with van der Waals surface area (Å²) in [6.07, 6.45) is 0. The zero-order chi connectivity index (χ0) is 14.0. The zero-order valence-corrected chi connectivity index (χ0v) is 13.4. The van der Waals surface area contributed by atoms with Gasteiger partial charge in [0.15, 0.2) is 0 Å². The smallest absolute Gasteiger partial charge is 0.243 e. The van der Waals surface area contributed by atoms with Crippen LogP contribution in [0, 0.1) is 6.92 Å². The average Bonchev–Trinajstić information content (AvgIpc) is 2.72. The maximum atomic E-state index is 12.3. The molecular formula is C12H13BrN2O2S2. The van der Waals surface area contributed by atoms with Crippen LogP contribution in [-0.2, 0) is 16.6 Å². The largest absolute Gasteiger partial charge is 0.398 e. The van der Waals surface area contributed by atoms with E-state index in [1.807, 2.05) is 11.4 Å². The van der Waals surface area contributed by atoms with Crippen LogP contribution in [-0.4, -0.2) is 8.42 Å². The SMILES string of the molecule is Cc1cccc(N)c1S(=O)(=O)NCc1cc(Br)cs1. The second kappa shape index (κ2) is 5.62. The molecule has 0 fully saturated rings. The first kappa shape index (κ1) is 14.5. The summed E-state index contributed by atoms with van der Waals surface area (Å²) >= 11 is 4.82. The molecule has 2 aromatic rings. The van der Waals surface area contributed by atoms with Gasteiger partial charge in [0.2, 0.25) is 10.0 Å². The number of rotatable bonds is 4. The maximum absolute atomic E-state index is 12.3. The number of hydrogen-bond acceptors (Lipinski definition) is 4. The minimum Gasteiger partial charge on any atom is -0.398 e. The van der Waals surface area contributed by atoms with Gasteiger partial charge in [-0.3, -0.25) is 0 Å². The zero-order valence-electron chi connectivity index (χ0n) is 10.2. The fraction of sp³-hybridized carbons (Fsp3) is 0.167. The van der Waals surface area contributed by atoms with Crippen molar-refractivity contribution >= 4 is 43.0 Å². The van der Waals surface area contributed by atoms with Gasteiger partial charge >= 0.3 is 0 Å². The normalized spacial score (nSPS) is 11.7. The summed E-state index contributed by atoms with van der Waals surface area (Å²) in [7, 11) is -3.59. The van der Waals surface area contributed by atoms with E-state index in [0.717, 1.165) is 9.35 Å². The third kappa shape index (κ3) is 3.36. The minimum atomic E-state index is -3.59. The van der Waals surface area contributed by atoms with Crippen molar-refractivity contribution in [3.8, 4) is 0 Å². The Balaban J connectivity index is 2.23. The van der Waals surface area contributed by atoms with E-state index in [2.05, 4.69) is 20.7 Å². The summed E-state index contributed by atoms with van der Waals surface area (Å²) in [6.45, 7) is 1.99. The minimum absolute atomic E-state index is 0.158. The number of aryl methyl sites for hydroxylation is 1. The number of hydrogen-bond donors (Lipinski definition) is 2. The highest BCUT2D eigenvalue weighted by Gasteiger charge is 2.19. The molecule has 1 aromatic heterocycles. The Bertz CT molecular complexity index is 675. The van der Waals surface area contributed by atoms with Crippen molar-refractivity contribution in [2.75, 3.05) is 5.73 Å². The van der Waals surface area contributed by atoms with Crippen LogP contribution in [0.1, 0.15) is 10.4 Å². The van der Waals surface area contributed by atoms with Gasteiger partial charge in [0, 0.05) is 21.3 Å². The Hall–Kier alpha value is -0.890. The lowest BCUT2D eigenvalue weighted by Crippen LogP contribution is -2.24. The Morgan fingerprint density at radius 1 is 1.42 bits per heavy atom. The fourth-order valence-corrected chi connectivity index (χ4v) is 4.57. The highest BCUT2D eigenvalue weighted by Crippen LogP contribution is 2.23. The van der Waals surface area contributed by atoms with Gasteiger partial charge in [-0.25, -0.2) is 13.1 Å². The lowest BCUT2D eigenvalue weighted by atomic mass is 10.2. The van der Waals surface area contributed by atoms with Crippen molar-refractivity contribution < 1.29 is 8.42 Å². The first-order valence-corrected chi connectivity index (χ1v) is 8.63. The van der Waals surface area contributed by atoms with Crippen LogP contribution in [0.15, 0.2) is 39.0 Å². The topological polar surface area (TPSA) is 72.2 Å². The predicted molar refractivity (Wildman–Crippen MR) is 81.6 cm³/mol. The van der Waals surface area contributed by atoms with Gasteiger partial charge in [0.1, 0.15) is 4.90 Å². The molecule has 7 heteroatoms. The van der Waals surface area contributed by atoms with E-state index in [0.29, 0.717) is 5.56 Å². The van der Waals surface area contributed by atoms with Gasteiger partial charge < -0.3 is 5.73 Å². The van der Waals surface area contributed by atoms with Crippen LogP contribution in [0.5, 0.6) is 0 Å². The standard InChI is InChI=1S/C12H13BrN2O2S2/c1-8-3-2-4-11(14)12(8)19(16,17)15-6-10-5-9(13)7-18-10/h2-5,7,15H,6,14H2,1H3. The molecule has 19 heavy (non-hydrogen) atoms. The monoisotopic (exact) mass is 360 g/mol. The second-order valence-corrected chi connectivity index (χ2v) is 7.66. The Morgan fingerprint density at radius 2 is 2.16 bits per heavy atom. The molecule has 102 valence electrons. The summed E-state index contributed by atoms with van der Waals surface area (Å²) in [5.74, 6) is 0. The third-order valence-electron chi connectivity index (χ3n) is 2.57. The van der Waals surface area contributed by atoms with E-state index in [-0.39, 0.29) is 17.1 Å². The first-order valence-electron chi connectivity index (χ1n) is 5.48. The van der Waals surface area contributed by atoms with Crippen molar-refractivity contribution in [2.45, 2.75) is 18.4 Å². The van der Waals surface area contributed by atoms with E-state index < -0.39 is 10.0 Å². The highest BCUT2D eigenvalue weighted by atomic mass is 79.9. The summed E-state index contributed by atoms with van der Waals surface area (Å²) in [5, 5.41) is 1.91. The van der Waals surface area contributed by atoms with Gasteiger partial charge in [-0.1, -0.05) is 12.1 Å². The van der Waals surface area contributed by atoms with Crippen molar-refractivity contribution in [3.63, 3.8) is 0 Å². The van der Waals surface area contributed by atoms with Crippen LogP contribution in [0.2, 0.25) is 0 Å². The quantitative estimate of drug-likeness (QED) is 0.823. The molecule has 0 radical (unpaired) electrons. The average molecular weight is 361 g/mol. The number of nitrogen functional groups attached to an aromatic ring is 1. The molecule has 0 saturated heterocycles. The van der Waals surface area contributed by atoms with Crippen LogP contribution in [0.25, 0.3) is 0 Å². The number of halogens is 1. The van der Waals surface area contributed by atoms with Gasteiger partial charge in [0.25, 0.3) is 0 Å². The van der Waals surface area contributed by atoms with Crippen LogP contribution >= 0.6 is 27.3 Å². The summed E-state index contributed by atoms with van der Waals surface area (Å²) < 4.78 is 28.0. The van der Waals surface area contributed by atoms with Crippen LogP contribution in [0.3, 0.4) is 0 Å². The van der Waals surface area contributed by atoms with Crippen LogP contribution in [0.4, 0.5) is 5.69 Å². The number of anilines is 1. The molecule has 1 aromatic carbocycles. The van der Waals surface area contributed by atoms with E-state index in [1.165, 1.54) is 11.3 Å². The molecular weight excluding hydrogens is 348 g/mol. The van der Waals surface area contributed by atoms with E-state index >= 15 is 0 Å². The molecule has 0 atom stereocenters. The van der Waals surface area contributed by atoms with Crippen molar-refractivity contribution in [1.29, 1.82) is 0 Å². The Labute approximate surface area is 124 Å². The molecule has 0 spiro atoms. The van der Waals surface area contributed by atoms with E-state index in [1.54, 1.807) is 25.1 Å². The maximum Gasteiger partial charge on any atom is 0.243 e. The summed E-state index contributed by atoms with van der Waals surface area (Å²) in [6, 6.07) is 6.93. The molecule has 0 bridgehead atoms. The highest BCUT2D eigenvalue weighted by molar-refractivity contribution is 9.10. The van der Waals surface area contributed by atoms with Gasteiger partial charge in [0.05, 0.1) is 5.69 Å². The van der Waals surface area contributed by atoms with Gasteiger partial charge in [-0.2, -0.15) is 0 Å². The molecule has 1 heterocycles. The Kier molecular flexibility index (Phi) is 4.29. The van der Waals surface area contributed by atoms with Crippen molar-refractivity contribution in [1.82, 2.24) is 4.72 Å². The third-order valence-corrected chi connectivity index (χ3v) is 5.89. The van der Waals surface area contributed by atoms with E-state index in [9.17, 15) is 8.42 Å². The molecule has 0 aliphatic heterocycles. The lowest BCUT2D eigenvalue weighted by Gasteiger charge is -2.10. The molecule has 2 rings (SSSR count). The van der Waals surface area contributed by atoms with Gasteiger partial charge in [-0.15, -0.1) is 11.3 Å². The van der Waals surface area contributed by atoms with E-state index in [4.69, 9.17) is 5.73 Å². The lowest BCUT2D eigenvalue weighted by molar-refractivity contribution is 0.581. The Morgan fingerprint density at radius 3 is 2.74 bits per heavy atom. The molecule has 0 aliphatic rings. The first-order chi connectivity index (χ1) is 8.90. The summed E-state index contributed by atoms with van der Waals surface area (Å²) in [5.41, 5.74) is 6.66. The predicted octanol–water partition coefficient (Wildman–Crippen LogP) is 2.88.